The van der Waals surface area contributed by atoms with Crippen LogP contribution < -0.4 is 4.74 Å². The second-order valence-electron chi connectivity index (χ2n) is 4.34. The number of hydrogen-bond donors (Lipinski definition) is 0. The lowest BCUT2D eigenvalue weighted by atomic mass is 10.1. The van der Waals surface area contributed by atoms with Crippen molar-refractivity contribution in [2.45, 2.75) is 25.7 Å². The predicted molar refractivity (Wildman–Crippen MR) is 65.7 cm³/mol. The van der Waals surface area contributed by atoms with E-state index in [1.54, 1.807) is 0 Å². The van der Waals surface area contributed by atoms with E-state index < -0.39 is 0 Å². The molecule has 1 aliphatic rings. The lowest BCUT2D eigenvalue weighted by Gasteiger charge is -2.26. The Balaban J connectivity index is 1.58. The van der Waals surface area contributed by atoms with Gasteiger partial charge in [0.25, 0.3) is 0 Å². The second kappa shape index (κ2) is 6.54. The zero-order chi connectivity index (χ0) is 11.1. The summed E-state index contributed by atoms with van der Waals surface area (Å²) < 4.78 is 5.65. The molecule has 0 spiro atoms. The number of hydrogen-bond acceptors (Lipinski definition) is 2. The van der Waals surface area contributed by atoms with Crippen molar-refractivity contribution in [1.82, 2.24) is 4.90 Å². The van der Waals surface area contributed by atoms with Crippen molar-refractivity contribution in [2.75, 3.05) is 26.2 Å². The molecule has 1 aliphatic heterocycles. The third-order valence-corrected chi connectivity index (χ3v) is 3.02. The number of piperidine rings is 1. The summed E-state index contributed by atoms with van der Waals surface area (Å²) in [6, 6.07) is 10.7. The summed E-state index contributed by atoms with van der Waals surface area (Å²) in [6.07, 6.45) is 5.27. The Morgan fingerprint density at radius 3 is 2.62 bits per heavy atom. The van der Waals surface area contributed by atoms with Gasteiger partial charge >= 0.3 is 0 Å². The number of rotatable bonds is 5. The van der Waals surface area contributed by atoms with Gasteiger partial charge in [0, 0.05) is 6.54 Å². The van der Waals surface area contributed by atoms with E-state index in [4.69, 9.17) is 4.74 Å². The Bertz CT molecular complexity index is 280. The molecule has 0 atom stereocenters. The first-order valence-electron chi connectivity index (χ1n) is 6.26. The topological polar surface area (TPSA) is 12.5 Å². The highest BCUT2D eigenvalue weighted by Crippen LogP contribution is 2.10. The third kappa shape index (κ3) is 3.86. The maximum absolute atomic E-state index is 5.65. The maximum Gasteiger partial charge on any atom is 0.119 e. The Hall–Kier alpha value is -1.02. The fraction of sp³-hybridized carbons (Fsp3) is 0.571. The highest BCUT2D eigenvalue weighted by Gasteiger charge is 2.08. The molecule has 1 heterocycles. The molecule has 87 valence electrons. The molecule has 1 aromatic carbocycles. The van der Waals surface area contributed by atoms with Crippen LogP contribution in [-0.4, -0.2) is 31.1 Å². The van der Waals surface area contributed by atoms with Crippen LogP contribution in [0.25, 0.3) is 0 Å². The van der Waals surface area contributed by atoms with Gasteiger partial charge < -0.3 is 9.64 Å². The average Bonchev–Trinajstić information content (AvgIpc) is 2.37. The Morgan fingerprint density at radius 1 is 1.12 bits per heavy atom. The smallest absolute Gasteiger partial charge is 0.119 e. The number of nitrogens with zero attached hydrogens (tertiary/aromatic N) is 1. The average molecular weight is 218 g/mol. The van der Waals surface area contributed by atoms with E-state index in [9.17, 15) is 0 Å². The zero-order valence-electron chi connectivity index (χ0n) is 9.82. The molecular formula is C14H20NO. The summed E-state index contributed by atoms with van der Waals surface area (Å²) in [4.78, 5) is 2.55. The zero-order valence-corrected chi connectivity index (χ0v) is 9.82. The minimum absolute atomic E-state index is 0.820. The third-order valence-electron chi connectivity index (χ3n) is 3.02. The molecule has 2 nitrogen and oxygen atoms in total. The van der Waals surface area contributed by atoms with Gasteiger partial charge in [-0.1, -0.05) is 18.6 Å². The van der Waals surface area contributed by atoms with Crippen molar-refractivity contribution in [1.29, 1.82) is 0 Å². The van der Waals surface area contributed by atoms with Crippen LogP contribution in [0.5, 0.6) is 5.75 Å². The molecule has 16 heavy (non-hydrogen) atoms. The van der Waals surface area contributed by atoms with Crippen molar-refractivity contribution in [3.63, 3.8) is 0 Å². The summed E-state index contributed by atoms with van der Waals surface area (Å²) >= 11 is 0. The van der Waals surface area contributed by atoms with Gasteiger partial charge in [-0.15, -0.1) is 0 Å². The quantitative estimate of drug-likeness (QED) is 0.705. The van der Waals surface area contributed by atoms with Gasteiger partial charge in [-0.25, -0.2) is 0 Å². The molecule has 2 rings (SSSR count). The predicted octanol–water partition coefficient (Wildman–Crippen LogP) is 2.74. The molecule has 2 heteroatoms. The van der Waals surface area contributed by atoms with Gasteiger partial charge in [0.05, 0.1) is 6.61 Å². The van der Waals surface area contributed by atoms with Crippen LogP contribution in [0.1, 0.15) is 25.7 Å². The highest BCUT2D eigenvalue weighted by atomic mass is 16.5. The first kappa shape index (κ1) is 11.5. The number of ether oxygens (including phenoxy) is 1. The van der Waals surface area contributed by atoms with Crippen LogP contribution in [0.4, 0.5) is 0 Å². The van der Waals surface area contributed by atoms with E-state index in [2.05, 4.69) is 11.0 Å². The van der Waals surface area contributed by atoms with Crippen LogP contribution in [0, 0.1) is 6.07 Å². The summed E-state index contributed by atoms with van der Waals surface area (Å²) in [6.45, 7) is 4.56. The van der Waals surface area contributed by atoms with Crippen LogP contribution in [0.3, 0.4) is 0 Å². The molecule has 0 amide bonds. The van der Waals surface area contributed by atoms with Gasteiger partial charge in [-0.05, 0) is 50.6 Å². The van der Waals surface area contributed by atoms with Crippen LogP contribution >= 0.6 is 0 Å². The summed E-state index contributed by atoms with van der Waals surface area (Å²) in [5, 5.41) is 0. The fourth-order valence-electron chi connectivity index (χ4n) is 2.13. The Morgan fingerprint density at radius 2 is 1.88 bits per heavy atom. The van der Waals surface area contributed by atoms with E-state index in [-0.39, 0.29) is 0 Å². The van der Waals surface area contributed by atoms with Crippen molar-refractivity contribution in [3.8, 4) is 5.75 Å². The molecule has 0 N–H and O–H groups in total. The van der Waals surface area contributed by atoms with Crippen molar-refractivity contribution < 1.29 is 4.74 Å². The molecule has 0 aromatic heterocycles. The molecule has 1 fully saturated rings. The van der Waals surface area contributed by atoms with Gasteiger partial charge in [0.1, 0.15) is 5.75 Å². The Labute approximate surface area is 98.2 Å². The molecule has 0 aliphatic carbocycles. The van der Waals surface area contributed by atoms with E-state index in [0.29, 0.717) is 0 Å². The van der Waals surface area contributed by atoms with Crippen molar-refractivity contribution >= 4 is 0 Å². The van der Waals surface area contributed by atoms with Crippen LogP contribution in [0.2, 0.25) is 0 Å². The first-order chi connectivity index (χ1) is 7.95. The van der Waals surface area contributed by atoms with Gasteiger partial charge in [0.2, 0.25) is 0 Å². The van der Waals surface area contributed by atoms with Crippen molar-refractivity contribution in [2.24, 2.45) is 0 Å². The standard InChI is InChI=1S/C14H20NO/c1-3-8-14(9-4-1)16-13-7-12-15-10-5-2-6-11-15/h3-4,8-9H,2,5-7,10-13H2. The molecule has 0 saturated carbocycles. The van der Waals surface area contributed by atoms with E-state index in [0.717, 1.165) is 18.8 Å². The number of benzene rings is 1. The lowest BCUT2D eigenvalue weighted by molar-refractivity contribution is 0.205. The Kier molecular flexibility index (Phi) is 4.69. The molecule has 1 aromatic rings. The summed E-state index contributed by atoms with van der Waals surface area (Å²) in [5.41, 5.74) is 0. The van der Waals surface area contributed by atoms with E-state index in [1.165, 1.54) is 38.9 Å². The monoisotopic (exact) mass is 218 g/mol. The van der Waals surface area contributed by atoms with Crippen LogP contribution in [0.15, 0.2) is 24.3 Å². The minimum Gasteiger partial charge on any atom is -0.494 e. The molecule has 0 bridgehead atoms. The molecule has 1 saturated heterocycles. The lowest BCUT2D eigenvalue weighted by Crippen LogP contribution is -2.31. The molecule has 1 radical (unpaired) electrons. The normalized spacial score (nSPS) is 17.2. The van der Waals surface area contributed by atoms with Crippen molar-refractivity contribution in [3.05, 3.63) is 30.3 Å². The molecular weight excluding hydrogens is 198 g/mol. The van der Waals surface area contributed by atoms with Crippen LogP contribution in [-0.2, 0) is 0 Å². The van der Waals surface area contributed by atoms with E-state index >= 15 is 0 Å². The van der Waals surface area contributed by atoms with Gasteiger partial charge in [0.15, 0.2) is 0 Å². The van der Waals surface area contributed by atoms with E-state index in [1.807, 2.05) is 24.3 Å². The minimum atomic E-state index is 0.820. The van der Waals surface area contributed by atoms with Gasteiger partial charge in [-0.2, -0.15) is 0 Å². The summed E-state index contributed by atoms with van der Waals surface area (Å²) in [5.74, 6) is 0.956. The second-order valence-corrected chi connectivity index (χ2v) is 4.34. The highest BCUT2D eigenvalue weighted by molar-refractivity contribution is 5.20. The first-order valence-corrected chi connectivity index (χ1v) is 6.26. The number of likely N-dealkylation sites (tertiary alicyclic amines) is 1. The largest absolute Gasteiger partial charge is 0.494 e. The fourth-order valence-corrected chi connectivity index (χ4v) is 2.13. The van der Waals surface area contributed by atoms with Gasteiger partial charge in [-0.3, -0.25) is 0 Å². The SMILES string of the molecule is [c]1ccc(OCCCN2CCCCC2)cc1. The summed E-state index contributed by atoms with van der Waals surface area (Å²) in [7, 11) is 0. The maximum atomic E-state index is 5.65. The molecule has 0 unspecified atom stereocenters.